The van der Waals surface area contributed by atoms with E-state index in [1.165, 1.54) is 0 Å². The molecule has 0 aliphatic carbocycles. The van der Waals surface area contributed by atoms with Crippen LogP contribution >= 0.6 is 12.4 Å². The van der Waals surface area contributed by atoms with Gasteiger partial charge in [0.1, 0.15) is 0 Å². The molecule has 0 atom stereocenters. The van der Waals surface area contributed by atoms with Gasteiger partial charge in [-0.2, -0.15) is 0 Å². The highest BCUT2D eigenvalue weighted by Gasteiger charge is 2.25. The summed E-state index contributed by atoms with van der Waals surface area (Å²) in [5.41, 5.74) is 0. The molecule has 5 heteroatoms. The number of amides is 2. The number of halogens is 1. The summed E-state index contributed by atoms with van der Waals surface area (Å²) >= 11 is 0. The highest BCUT2D eigenvalue weighted by molar-refractivity contribution is 5.92. The monoisotopic (exact) mass is 165 g/mol. The summed E-state index contributed by atoms with van der Waals surface area (Å²) < 4.78 is 0. The molecule has 0 unspecified atom stereocenters. The molecule has 0 saturated carbocycles. The lowest BCUT2D eigenvalue weighted by Gasteiger charge is -2.05. The van der Waals surface area contributed by atoms with Crippen molar-refractivity contribution in [3.8, 4) is 0 Å². The maximum absolute atomic E-state index is 10.6. The zero-order valence-electron chi connectivity index (χ0n) is 5.24. The molecule has 4 nitrogen and oxygen atoms in total. The molecule has 2 amide bonds. The molecule has 1 N–H and O–H groups in total. The van der Waals surface area contributed by atoms with Crippen molar-refractivity contribution in [1.82, 2.24) is 4.90 Å². The molecule has 0 radical (unpaired) electrons. The summed E-state index contributed by atoms with van der Waals surface area (Å²) in [5.74, 6) is -0.275. The van der Waals surface area contributed by atoms with Crippen molar-refractivity contribution < 1.29 is 14.7 Å². The molecule has 1 rings (SSSR count). The smallest absolute Gasteiger partial charge is 0.414 e. The summed E-state index contributed by atoms with van der Waals surface area (Å²) in [6.45, 7) is 0.369. The Bertz CT molecular complexity index is 159. The van der Waals surface area contributed by atoms with Crippen LogP contribution in [0.5, 0.6) is 0 Å². The van der Waals surface area contributed by atoms with Crippen LogP contribution in [-0.2, 0) is 4.79 Å². The van der Waals surface area contributed by atoms with Gasteiger partial charge < -0.3 is 5.11 Å². The van der Waals surface area contributed by atoms with Crippen molar-refractivity contribution in [1.29, 1.82) is 0 Å². The maximum Gasteiger partial charge on any atom is 0.414 e. The van der Waals surface area contributed by atoms with Crippen molar-refractivity contribution in [3.63, 3.8) is 0 Å². The van der Waals surface area contributed by atoms with Gasteiger partial charge in [0.05, 0.1) is 0 Å². The van der Waals surface area contributed by atoms with E-state index in [0.717, 1.165) is 4.90 Å². The Morgan fingerprint density at radius 2 is 2.20 bits per heavy atom. The fourth-order valence-electron chi connectivity index (χ4n) is 0.850. The highest BCUT2D eigenvalue weighted by Crippen LogP contribution is 2.08. The van der Waals surface area contributed by atoms with Crippen LogP contribution in [0, 0.1) is 0 Å². The van der Waals surface area contributed by atoms with E-state index in [-0.39, 0.29) is 18.3 Å². The number of likely N-dealkylation sites (tertiary alicyclic amines) is 1. The highest BCUT2D eigenvalue weighted by atomic mass is 35.5. The van der Waals surface area contributed by atoms with Gasteiger partial charge in [-0.3, -0.25) is 4.79 Å². The molecular formula is C5H8ClNO3. The van der Waals surface area contributed by atoms with Gasteiger partial charge in [-0.25, -0.2) is 9.69 Å². The van der Waals surface area contributed by atoms with Crippen molar-refractivity contribution in [2.45, 2.75) is 12.8 Å². The maximum atomic E-state index is 10.6. The van der Waals surface area contributed by atoms with E-state index in [2.05, 4.69) is 0 Å². The SMILES string of the molecule is Cl.O=C(O)N1CCCC1=O. The number of carboxylic acid groups (broad SMARTS) is 1. The minimum Gasteiger partial charge on any atom is -0.465 e. The zero-order chi connectivity index (χ0) is 6.85. The van der Waals surface area contributed by atoms with Gasteiger partial charge in [0.15, 0.2) is 0 Å². The summed E-state index contributed by atoms with van der Waals surface area (Å²) in [6, 6.07) is 0. The van der Waals surface area contributed by atoms with Gasteiger partial charge in [0.25, 0.3) is 0 Å². The van der Waals surface area contributed by atoms with Crippen LogP contribution in [-0.4, -0.2) is 28.6 Å². The Kier molecular flexibility index (Phi) is 3.15. The van der Waals surface area contributed by atoms with E-state index in [4.69, 9.17) is 5.11 Å². The summed E-state index contributed by atoms with van der Waals surface area (Å²) in [5, 5.41) is 8.29. The average Bonchev–Trinajstić information content (AvgIpc) is 2.13. The van der Waals surface area contributed by atoms with Crippen LogP contribution in [0.2, 0.25) is 0 Å². The molecule has 0 aromatic rings. The molecule has 10 heavy (non-hydrogen) atoms. The van der Waals surface area contributed by atoms with Gasteiger partial charge in [-0.1, -0.05) is 0 Å². The predicted octanol–water partition coefficient (Wildman–Crippen LogP) is 0.709. The molecule has 0 aromatic heterocycles. The summed E-state index contributed by atoms with van der Waals surface area (Å²) in [7, 11) is 0. The lowest BCUT2D eigenvalue weighted by Crippen LogP contribution is -2.29. The van der Waals surface area contributed by atoms with Crippen LogP contribution in [0.3, 0.4) is 0 Å². The zero-order valence-corrected chi connectivity index (χ0v) is 6.06. The number of carbonyl (C=O) groups excluding carboxylic acids is 1. The Balaban J connectivity index is 0.000000810. The van der Waals surface area contributed by atoms with Crippen LogP contribution in [0.1, 0.15) is 12.8 Å². The predicted molar refractivity (Wildman–Crippen MR) is 36.2 cm³/mol. The fourth-order valence-corrected chi connectivity index (χ4v) is 0.850. The van der Waals surface area contributed by atoms with Crippen LogP contribution in [0.15, 0.2) is 0 Å². The standard InChI is InChI=1S/C5H7NO3.ClH/c7-4-2-1-3-6(4)5(8)9;/h1-3H2,(H,8,9);1H. The quantitative estimate of drug-likeness (QED) is 0.575. The number of hydrogen-bond donors (Lipinski definition) is 1. The van der Waals surface area contributed by atoms with E-state index in [0.29, 0.717) is 19.4 Å². The van der Waals surface area contributed by atoms with E-state index < -0.39 is 6.09 Å². The summed E-state index contributed by atoms with van der Waals surface area (Å²) in [4.78, 5) is 21.5. The van der Waals surface area contributed by atoms with E-state index in [1.54, 1.807) is 0 Å². The van der Waals surface area contributed by atoms with Gasteiger partial charge in [0, 0.05) is 13.0 Å². The first-order valence-corrected chi connectivity index (χ1v) is 2.75. The number of hydrogen-bond acceptors (Lipinski definition) is 2. The molecule has 1 aliphatic rings. The minimum absolute atomic E-state index is 0. The van der Waals surface area contributed by atoms with E-state index >= 15 is 0 Å². The van der Waals surface area contributed by atoms with E-state index in [1.807, 2.05) is 0 Å². The second-order valence-electron chi connectivity index (χ2n) is 1.93. The van der Waals surface area contributed by atoms with Crippen LogP contribution < -0.4 is 0 Å². The third kappa shape index (κ3) is 1.60. The first kappa shape index (κ1) is 9.23. The molecule has 58 valence electrons. The van der Waals surface area contributed by atoms with Gasteiger partial charge in [-0.15, -0.1) is 12.4 Å². The Morgan fingerprint density at radius 1 is 1.60 bits per heavy atom. The van der Waals surface area contributed by atoms with Crippen molar-refractivity contribution in [2.24, 2.45) is 0 Å². The molecule has 1 heterocycles. The summed E-state index contributed by atoms with van der Waals surface area (Å²) in [6.07, 6.45) is -0.0743. The number of rotatable bonds is 0. The number of carbonyl (C=O) groups is 2. The first-order valence-electron chi connectivity index (χ1n) is 2.75. The molecular weight excluding hydrogens is 158 g/mol. The first-order chi connectivity index (χ1) is 4.22. The average molecular weight is 166 g/mol. The third-order valence-corrected chi connectivity index (χ3v) is 1.30. The minimum atomic E-state index is -1.13. The largest absolute Gasteiger partial charge is 0.465 e. The molecule has 0 bridgehead atoms. The molecule has 1 aliphatic heterocycles. The lowest BCUT2D eigenvalue weighted by atomic mass is 10.4. The molecule has 0 aromatic carbocycles. The molecule has 1 saturated heterocycles. The van der Waals surface area contributed by atoms with Gasteiger partial charge in [-0.05, 0) is 6.42 Å². The number of nitrogens with zero attached hydrogens (tertiary/aromatic N) is 1. The Labute approximate surface area is 64.2 Å². The third-order valence-electron chi connectivity index (χ3n) is 1.30. The Morgan fingerprint density at radius 3 is 2.40 bits per heavy atom. The second-order valence-corrected chi connectivity index (χ2v) is 1.93. The van der Waals surface area contributed by atoms with Gasteiger partial charge >= 0.3 is 6.09 Å². The molecule has 1 fully saturated rings. The molecule has 0 spiro atoms. The van der Waals surface area contributed by atoms with Gasteiger partial charge in [0.2, 0.25) is 5.91 Å². The lowest BCUT2D eigenvalue weighted by molar-refractivity contribution is -0.125. The van der Waals surface area contributed by atoms with Crippen molar-refractivity contribution in [2.75, 3.05) is 6.54 Å². The van der Waals surface area contributed by atoms with Crippen molar-refractivity contribution in [3.05, 3.63) is 0 Å². The normalized spacial score (nSPS) is 16.8. The van der Waals surface area contributed by atoms with Crippen LogP contribution in [0.25, 0.3) is 0 Å². The Hall–Kier alpha value is -0.770. The second kappa shape index (κ2) is 3.41. The fraction of sp³-hybridized carbons (Fsp3) is 0.600. The number of imide groups is 1. The topological polar surface area (TPSA) is 57.6 Å². The van der Waals surface area contributed by atoms with Crippen LogP contribution in [0.4, 0.5) is 4.79 Å². The van der Waals surface area contributed by atoms with E-state index in [9.17, 15) is 9.59 Å². The van der Waals surface area contributed by atoms with Crippen molar-refractivity contribution >= 4 is 24.4 Å².